The van der Waals surface area contributed by atoms with Crippen LogP contribution in [0.1, 0.15) is 11.1 Å². The van der Waals surface area contributed by atoms with Crippen LogP contribution in [0.2, 0.25) is 0 Å². The van der Waals surface area contributed by atoms with Crippen LogP contribution < -0.4 is 14.2 Å². The number of carbonyl (C=O) groups is 2. The first-order valence-electron chi connectivity index (χ1n) is 10.1. The SMILES string of the molecule is C=CCOC(=O)OCc1ccc(OC)c(OC)c1.C=CCOC(=O)OCc1ccc(OC)cc1. The Morgan fingerprint density at radius 1 is 0.676 bits per heavy atom. The van der Waals surface area contributed by atoms with Crippen molar-refractivity contribution in [3.8, 4) is 17.2 Å². The second kappa shape index (κ2) is 16.5. The van der Waals surface area contributed by atoms with E-state index < -0.39 is 12.3 Å². The monoisotopic (exact) mass is 474 g/mol. The molecule has 184 valence electrons. The maximum absolute atomic E-state index is 11.1. The van der Waals surface area contributed by atoms with E-state index in [0.717, 1.165) is 16.9 Å². The van der Waals surface area contributed by atoms with Crippen molar-refractivity contribution in [2.24, 2.45) is 0 Å². The summed E-state index contributed by atoms with van der Waals surface area (Å²) in [5.41, 5.74) is 1.65. The van der Waals surface area contributed by atoms with Gasteiger partial charge in [0, 0.05) is 0 Å². The van der Waals surface area contributed by atoms with Gasteiger partial charge in [0.1, 0.15) is 32.2 Å². The highest BCUT2D eigenvalue weighted by molar-refractivity contribution is 5.60. The third-order valence-corrected chi connectivity index (χ3v) is 3.96. The van der Waals surface area contributed by atoms with Crippen LogP contribution in [0.3, 0.4) is 0 Å². The van der Waals surface area contributed by atoms with Crippen molar-refractivity contribution in [3.63, 3.8) is 0 Å². The topological polar surface area (TPSA) is 98.8 Å². The molecule has 0 amide bonds. The normalized spacial score (nSPS) is 9.38. The minimum Gasteiger partial charge on any atom is -0.497 e. The van der Waals surface area contributed by atoms with Gasteiger partial charge < -0.3 is 33.2 Å². The molecular weight excluding hydrogens is 444 g/mol. The van der Waals surface area contributed by atoms with Crippen LogP contribution >= 0.6 is 0 Å². The summed E-state index contributed by atoms with van der Waals surface area (Å²) in [6.07, 6.45) is 1.52. The van der Waals surface area contributed by atoms with Crippen LogP contribution in [0.5, 0.6) is 17.2 Å². The summed E-state index contributed by atoms with van der Waals surface area (Å²) < 4.78 is 34.3. The second-order valence-electron chi connectivity index (χ2n) is 6.31. The first-order chi connectivity index (χ1) is 16.5. The average molecular weight is 475 g/mol. The molecule has 0 heterocycles. The van der Waals surface area contributed by atoms with Gasteiger partial charge in [0.15, 0.2) is 11.5 Å². The quantitative estimate of drug-likeness (QED) is 0.326. The molecule has 0 fully saturated rings. The highest BCUT2D eigenvalue weighted by atomic mass is 16.7. The summed E-state index contributed by atoms with van der Waals surface area (Å²) in [5, 5.41) is 0. The highest BCUT2D eigenvalue weighted by Crippen LogP contribution is 2.27. The van der Waals surface area contributed by atoms with Gasteiger partial charge in [-0.3, -0.25) is 0 Å². The summed E-state index contributed by atoms with van der Waals surface area (Å²) >= 11 is 0. The Labute approximate surface area is 199 Å². The van der Waals surface area contributed by atoms with Crippen molar-refractivity contribution in [1.82, 2.24) is 0 Å². The van der Waals surface area contributed by atoms with Crippen molar-refractivity contribution in [3.05, 3.63) is 78.9 Å². The molecule has 9 heteroatoms. The van der Waals surface area contributed by atoms with E-state index in [2.05, 4.69) is 22.6 Å². The van der Waals surface area contributed by atoms with Crippen molar-refractivity contribution < 1.29 is 42.7 Å². The highest BCUT2D eigenvalue weighted by Gasteiger charge is 2.07. The Hall–Kier alpha value is -4.14. The Morgan fingerprint density at radius 3 is 1.65 bits per heavy atom. The third kappa shape index (κ3) is 10.9. The second-order valence-corrected chi connectivity index (χ2v) is 6.31. The van der Waals surface area contributed by atoms with Gasteiger partial charge in [0.05, 0.1) is 21.3 Å². The molecule has 0 aromatic heterocycles. The minimum atomic E-state index is -0.732. The average Bonchev–Trinajstić information content (AvgIpc) is 2.88. The molecule has 0 bridgehead atoms. The number of methoxy groups -OCH3 is 3. The molecule has 2 aromatic carbocycles. The minimum absolute atomic E-state index is 0.107. The largest absolute Gasteiger partial charge is 0.508 e. The summed E-state index contributed by atoms with van der Waals surface area (Å²) in [4.78, 5) is 22.1. The number of benzene rings is 2. The van der Waals surface area contributed by atoms with Crippen LogP contribution in [0, 0.1) is 0 Å². The molecule has 2 rings (SSSR count). The molecule has 0 radical (unpaired) electrons. The van der Waals surface area contributed by atoms with Gasteiger partial charge in [-0.1, -0.05) is 43.5 Å². The lowest BCUT2D eigenvalue weighted by Crippen LogP contribution is -2.07. The van der Waals surface area contributed by atoms with Crippen LogP contribution in [-0.4, -0.2) is 46.9 Å². The van der Waals surface area contributed by atoms with Gasteiger partial charge in [-0.15, -0.1) is 0 Å². The molecule has 0 spiro atoms. The van der Waals surface area contributed by atoms with Crippen LogP contribution in [0.25, 0.3) is 0 Å². The predicted molar refractivity (Wildman–Crippen MR) is 125 cm³/mol. The summed E-state index contributed by atoms with van der Waals surface area (Å²) in [5.74, 6) is 1.96. The van der Waals surface area contributed by atoms with Crippen molar-refractivity contribution in [2.75, 3.05) is 34.5 Å². The molecule has 0 aliphatic heterocycles. The van der Waals surface area contributed by atoms with Gasteiger partial charge in [-0.25, -0.2) is 9.59 Å². The summed E-state index contributed by atoms with van der Waals surface area (Å²) in [6.45, 7) is 7.42. The Kier molecular flexibility index (Phi) is 13.5. The van der Waals surface area contributed by atoms with E-state index >= 15 is 0 Å². The van der Waals surface area contributed by atoms with Gasteiger partial charge in [0.2, 0.25) is 0 Å². The molecular formula is C25H30O9. The fraction of sp³-hybridized carbons (Fsp3) is 0.280. The number of ether oxygens (including phenoxy) is 7. The summed E-state index contributed by atoms with van der Waals surface area (Å²) in [6, 6.07) is 12.5. The van der Waals surface area contributed by atoms with Crippen LogP contribution in [-0.2, 0) is 32.2 Å². The number of hydrogen-bond acceptors (Lipinski definition) is 9. The zero-order chi connectivity index (χ0) is 25.2. The molecule has 0 saturated carbocycles. The molecule has 2 aromatic rings. The standard InChI is InChI=1S/C13H16O5.C12H14O4/c1-4-7-17-13(14)18-9-10-5-6-11(15-2)12(8-10)16-3;1-3-8-15-12(13)16-9-10-4-6-11(14-2)7-5-10/h4-6,8H,1,7,9H2,2-3H3;3-7H,1,8-9H2,2H3. The molecule has 0 saturated heterocycles. The molecule has 0 aliphatic rings. The van der Waals surface area contributed by atoms with Crippen LogP contribution in [0.4, 0.5) is 9.59 Å². The van der Waals surface area contributed by atoms with E-state index in [1.807, 2.05) is 12.1 Å². The lowest BCUT2D eigenvalue weighted by Gasteiger charge is -2.09. The number of rotatable bonds is 11. The van der Waals surface area contributed by atoms with E-state index in [4.69, 9.17) is 23.7 Å². The Morgan fingerprint density at radius 2 is 1.18 bits per heavy atom. The fourth-order valence-electron chi connectivity index (χ4n) is 2.31. The number of hydrogen-bond donors (Lipinski definition) is 0. The van der Waals surface area contributed by atoms with E-state index in [9.17, 15) is 9.59 Å². The third-order valence-electron chi connectivity index (χ3n) is 3.96. The molecule has 0 aliphatic carbocycles. The van der Waals surface area contributed by atoms with Gasteiger partial charge in [-0.2, -0.15) is 0 Å². The lowest BCUT2D eigenvalue weighted by molar-refractivity contribution is 0.0568. The van der Waals surface area contributed by atoms with Gasteiger partial charge in [-0.05, 0) is 35.4 Å². The molecule has 0 atom stereocenters. The van der Waals surface area contributed by atoms with Gasteiger partial charge in [0.25, 0.3) is 0 Å². The van der Waals surface area contributed by atoms with Crippen molar-refractivity contribution >= 4 is 12.3 Å². The molecule has 34 heavy (non-hydrogen) atoms. The van der Waals surface area contributed by atoms with Gasteiger partial charge >= 0.3 is 12.3 Å². The van der Waals surface area contributed by atoms with E-state index in [0.29, 0.717) is 11.5 Å². The zero-order valence-corrected chi connectivity index (χ0v) is 19.6. The first kappa shape index (κ1) is 27.9. The van der Waals surface area contributed by atoms with E-state index in [1.165, 1.54) is 12.2 Å². The molecule has 0 unspecified atom stereocenters. The molecule has 0 N–H and O–H groups in total. The smallest absolute Gasteiger partial charge is 0.497 e. The Balaban J connectivity index is 0.000000342. The van der Waals surface area contributed by atoms with E-state index in [-0.39, 0.29) is 26.4 Å². The Bertz CT molecular complexity index is 907. The van der Waals surface area contributed by atoms with E-state index in [1.54, 1.807) is 51.7 Å². The van der Waals surface area contributed by atoms with Crippen LogP contribution in [0.15, 0.2) is 67.8 Å². The van der Waals surface area contributed by atoms with Crippen molar-refractivity contribution in [2.45, 2.75) is 13.2 Å². The van der Waals surface area contributed by atoms with Crippen molar-refractivity contribution in [1.29, 1.82) is 0 Å². The maximum Gasteiger partial charge on any atom is 0.508 e. The predicted octanol–water partition coefficient (Wildman–Crippen LogP) is 5.08. The zero-order valence-electron chi connectivity index (χ0n) is 19.6. The first-order valence-corrected chi connectivity index (χ1v) is 10.1. The summed E-state index contributed by atoms with van der Waals surface area (Å²) in [7, 11) is 4.69. The molecule has 9 nitrogen and oxygen atoms in total. The maximum atomic E-state index is 11.1. The lowest BCUT2D eigenvalue weighted by atomic mass is 10.2. The number of carbonyl (C=O) groups excluding carboxylic acids is 2. The fourth-order valence-corrected chi connectivity index (χ4v) is 2.31.